The summed E-state index contributed by atoms with van der Waals surface area (Å²) in [7, 11) is 0. The Hall–Kier alpha value is -1.29. The fraction of sp³-hybridized carbons (Fsp3) is 0.364. The number of nitrogens with one attached hydrogen (secondary N) is 2. The molecule has 0 unspecified atom stereocenters. The van der Waals surface area contributed by atoms with E-state index in [0.717, 1.165) is 0 Å². The van der Waals surface area contributed by atoms with E-state index in [-0.39, 0.29) is 11.3 Å². The topological polar surface area (TPSA) is 44.3 Å². The number of rotatable bonds is 1. The number of phenols is 1. The molecule has 0 bridgehead atoms. The lowest BCUT2D eigenvalue weighted by Gasteiger charge is -2.23. The first kappa shape index (κ1) is 11.8. The average molecular weight is 224 g/mol. The van der Waals surface area contributed by atoms with Crippen molar-refractivity contribution in [2.45, 2.75) is 26.3 Å². The molecule has 0 aromatic heterocycles. The third kappa shape index (κ3) is 4.16. The molecular weight excluding hydrogens is 208 g/mol. The molecule has 0 fully saturated rings. The van der Waals surface area contributed by atoms with Crippen LogP contribution in [-0.4, -0.2) is 15.8 Å². The summed E-state index contributed by atoms with van der Waals surface area (Å²) >= 11 is 5.11. The van der Waals surface area contributed by atoms with E-state index in [4.69, 9.17) is 12.2 Å². The number of aromatic hydroxyl groups is 1. The molecule has 1 rings (SSSR count). The van der Waals surface area contributed by atoms with Crippen LogP contribution < -0.4 is 10.6 Å². The second-order valence-electron chi connectivity index (χ2n) is 4.35. The van der Waals surface area contributed by atoms with E-state index in [1.165, 1.54) is 0 Å². The predicted molar refractivity (Wildman–Crippen MR) is 67.2 cm³/mol. The van der Waals surface area contributed by atoms with Crippen molar-refractivity contribution in [2.24, 2.45) is 0 Å². The summed E-state index contributed by atoms with van der Waals surface area (Å²) in [5, 5.41) is 16.1. The first-order valence-electron chi connectivity index (χ1n) is 4.76. The summed E-state index contributed by atoms with van der Waals surface area (Å²) in [6.07, 6.45) is 0. The molecule has 0 aliphatic heterocycles. The van der Waals surface area contributed by atoms with E-state index >= 15 is 0 Å². The van der Waals surface area contributed by atoms with E-state index in [1.54, 1.807) is 18.2 Å². The minimum atomic E-state index is -0.0888. The van der Waals surface area contributed by atoms with E-state index in [2.05, 4.69) is 10.6 Å². The molecule has 15 heavy (non-hydrogen) atoms. The number of anilines is 1. The molecule has 82 valence electrons. The molecule has 0 radical (unpaired) electrons. The molecule has 3 nitrogen and oxygen atoms in total. The van der Waals surface area contributed by atoms with E-state index in [1.807, 2.05) is 26.8 Å². The van der Waals surface area contributed by atoms with Crippen LogP contribution in [0.3, 0.4) is 0 Å². The molecule has 0 saturated carbocycles. The molecule has 1 aromatic rings. The van der Waals surface area contributed by atoms with Gasteiger partial charge in [0.05, 0.1) is 5.69 Å². The second-order valence-corrected chi connectivity index (χ2v) is 4.75. The zero-order valence-electron chi connectivity index (χ0n) is 9.16. The maximum absolute atomic E-state index is 9.51. The highest BCUT2D eigenvalue weighted by molar-refractivity contribution is 7.80. The third-order valence-corrected chi connectivity index (χ3v) is 1.84. The molecular formula is C11H16N2OS. The number of hydrogen-bond donors (Lipinski definition) is 3. The molecule has 0 aliphatic rings. The fourth-order valence-electron chi connectivity index (χ4n) is 1.07. The van der Waals surface area contributed by atoms with Crippen molar-refractivity contribution in [3.8, 4) is 5.75 Å². The zero-order valence-corrected chi connectivity index (χ0v) is 9.98. The Morgan fingerprint density at radius 1 is 1.27 bits per heavy atom. The van der Waals surface area contributed by atoms with Gasteiger partial charge in [0.2, 0.25) is 0 Å². The van der Waals surface area contributed by atoms with Crippen LogP contribution in [0.1, 0.15) is 20.8 Å². The summed E-state index contributed by atoms with van der Waals surface area (Å²) in [6.45, 7) is 6.06. The third-order valence-electron chi connectivity index (χ3n) is 1.64. The van der Waals surface area contributed by atoms with Crippen LogP contribution in [-0.2, 0) is 0 Å². The van der Waals surface area contributed by atoms with Crippen LogP contribution in [0.4, 0.5) is 5.69 Å². The lowest BCUT2D eigenvalue weighted by Crippen LogP contribution is -2.42. The van der Waals surface area contributed by atoms with Gasteiger partial charge < -0.3 is 15.7 Å². The molecule has 0 amide bonds. The summed E-state index contributed by atoms with van der Waals surface area (Å²) in [4.78, 5) is 0. The van der Waals surface area contributed by atoms with E-state index < -0.39 is 0 Å². The van der Waals surface area contributed by atoms with Gasteiger partial charge in [-0.15, -0.1) is 0 Å². The smallest absolute Gasteiger partial charge is 0.171 e. The zero-order chi connectivity index (χ0) is 11.5. The molecule has 0 aliphatic carbocycles. The number of para-hydroxylation sites is 2. The highest BCUT2D eigenvalue weighted by Gasteiger charge is 2.11. The van der Waals surface area contributed by atoms with E-state index in [0.29, 0.717) is 10.8 Å². The molecule has 0 saturated heterocycles. The average Bonchev–Trinajstić information content (AvgIpc) is 2.05. The van der Waals surface area contributed by atoms with Gasteiger partial charge in [-0.2, -0.15) is 0 Å². The lowest BCUT2D eigenvalue weighted by molar-refractivity contribution is 0.477. The first-order valence-corrected chi connectivity index (χ1v) is 5.16. The number of benzene rings is 1. The molecule has 4 heteroatoms. The molecule has 0 atom stereocenters. The van der Waals surface area contributed by atoms with Crippen molar-refractivity contribution in [1.29, 1.82) is 0 Å². The second kappa shape index (κ2) is 4.49. The summed E-state index contributed by atoms with van der Waals surface area (Å²) in [5.74, 6) is 0.190. The van der Waals surface area contributed by atoms with Gasteiger partial charge in [-0.05, 0) is 45.1 Å². The number of thiocarbonyl (C=S) groups is 1. The largest absolute Gasteiger partial charge is 0.506 e. The number of hydrogen-bond acceptors (Lipinski definition) is 2. The van der Waals surface area contributed by atoms with Crippen molar-refractivity contribution in [3.63, 3.8) is 0 Å². The van der Waals surface area contributed by atoms with Gasteiger partial charge in [-0.1, -0.05) is 12.1 Å². The van der Waals surface area contributed by atoms with Crippen LogP contribution in [0, 0.1) is 0 Å². The molecule has 1 aromatic carbocycles. The lowest BCUT2D eigenvalue weighted by atomic mass is 10.1. The normalized spacial score (nSPS) is 10.9. The van der Waals surface area contributed by atoms with Gasteiger partial charge in [0.25, 0.3) is 0 Å². The highest BCUT2D eigenvalue weighted by atomic mass is 32.1. The summed E-state index contributed by atoms with van der Waals surface area (Å²) < 4.78 is 0. The maximum atomic E-state index is 9.51. The van der Waals surface area contributed by atoms with Crippen molar-refractivity contribution in [1.82, 2.24) is 5.32 Å². The minimum absolute atomic E-state index is 0.0888. The Morgan fingerprint density at radius 3 is 2.40 bits per heavy atom. The van der Waals surface area contributed by atoms with Crippen LogP contribution in [0.25, 0.3) is 0 Å². The number of phenolic OH excluding ortho intramolecular Hbond substituents is 1. The quantitative estimate of drug-likeness (QED) is 0.506. The van der Waals surface area contributed by atoms with Crippen LogP contribution >= 0.6 is 12.2 Å². The summed E-state index contributed by atoms with van der Waals surface area (Å²) in [6, 6.07) is 6.98. The van der Waals surface area contributed by atoms with Crippen LogP contribution in [0.5, 0.6) is 5.75 Å². The van der Waals surface area contributed by atoms with Crippen molar-refractivity contribution in [3.05, 3.63) is 24.3 Å². The van der Waals surface area contributed by atoms with Gasteiger partial charge in [-0.3, -0.25) is 0 Å². The van der Waals surface area contributed by atoms with Gasteiger partial charge >= 0.3 is 0 Å². The Morgan fingerprint density at radius 2 is 1.87 bits per heavy atom. The molecule has 0 heterocycles. The maximum Gasteiger partial charge on any atom is 0.171 e. The van der Waals surface area contributed by atoms with E-state index in [9.17, 15) is 5.11 Å². The predicted octanol–water partition coefficient (Wildman–Crippen LogP) is 2.48. The highest BCUT2D eigenvalue weighted by Crippen LogP contribution is 2.21. The standard InChI is InChI=1S/C11H16N2OS/c1-11(2,3)13-10(15)12-8-6-4-5-7-9(8)14/h4-7,14H,1-3H3,(H2,12,13,15). The Bertz CT molecular complexity index is 358. The van der Waals surface area contributed by atoms with Crippen molar-refractivity contribution >= 4 is 23.0 Å². The van der Waals surface area contributed by atoms with Crippen molar-refractivity contribution in [2.75, 3.05) is 5.32 Å². The van der Waals surface area contributed by atoms with Crippen LogP contribution in [0.2, 0.25) is 0 Å². The van der Waals surface area contributed by atoms with Crippen LogP contribution in [0.15, 0.2) is 24.3 Å². The van der Waals surface area contributed by atoms with Gasteiger partial charge in [0.15, 0.2) is 5.11 Å². The Labute approximate surface area is 95.5 Å². The Balaban J connectivity index is 2.64. The van der Waals surface area contributed by atoms with Gasteiger partial charge in [0, 0.05) is 5.54 Å². The fourth-order valence-corrected chi connectivity index (χ4v) is 1.49. The summed E-state index contributed by atoms with van der Waals surface area (Å²) in [5.41, 5.74) is 0.522. The van der Waals surface area contributed by atoms with Gasteiger partial charge in [-0.25, -0.2) is 0 Å². The van der Waals surface area contributed by atoms with Gasteiger partial charge in [0.1, 0.15) is 5.75 Å². The molecule has 3 N–H and O–H groups in total. The Kier molecular flexibility index (Phi) is 3.52. The molecule has 0 spiro atoms. The van der Waals surface area contributed by atoms with Crippen molar-refractivity contribution < 1.29 is 5.11 Å². The first-order chi connectivity index (χ1) is 6.88. The minimum Gasteiger partial charge on any atom is -0.506 e. The monoisotopic (exact) mass is 224 g/mol. The SMILES string of the molecule is CC(C)(C)NC(=S)Nc1ccccc1O.